The highest BCUT2D eigenvalue weighted by molar-refractivity contribution is 7.17. The largest absolute Gasteiger partial charge is 0.486 e. The summed E-state index contributed by atoms with van der Waals surface area (Å²) in [5, 5.41) is 2.04. The van der Waals surface area contributed by atoms with E-state index in [-0.39, 0.29) is 24.1 Å². The Balaban J connectivity index is 1.27. The highest BCUT2D eigenvalue weighted by atomic mass is 32.1. The van der Waals surface area contributed by atoms with Crippen LogP contribution in [0, 0.1) is 12.7 Å². The first-order chi connectivity index (χ1) is 13.7. The highest BCUT2D eigenvalue weighted by Crippen LogP contribution is 2.33. The third kappa shape index (κ3) is 3.43. The Hall–Kier alpha value is -2.29. The first kappa shape index (κ1) is 17.8. The fraction of sp³-hybridized carbons (Fsp3) is 0.400. The number of thiophene rings is 1. The van der Waals surface area contributed by atoms with Gasteiger partial charge in [0.05, 0.1) is 23.4 Å². The topological polar surface area (TPSA) is 56.7 Å². The van der Waals surface area contributed by atoms with Crippen LogP contribution in [0.15, 0.2) is 35.7 Å². The number of rotatable bonds is 3. The van der Waals surface area contributed by atoms with Crippen molar-refractivity contribution in [1.82, 2.24) is 9.97 Å². The summed E-state index contributed by atoms with van der Waals surface area (Å²) in [6.45, 7) is 4.22. The van der Waals surface area contributed by atoms with Gasteiger partial charge in [0.2, 0.25) is 0 Å². The molecule has 0 spiro atoms. The van der Waals surface area contributed by atoms with E-state index in [0.717, 1.165) is 34.9 Å². The zero-order chi connectivity index (χ0) is 19.1. The number of hydrogen-bond acceptors (Lipinski definition) is 7. The first-order valence-corrected chi connectivity index (χ1v) is 10.2. The zero-order valence-electron chi connectivity index (χ0n) is 15.4. The number of nitrogens with zero attached hydrogens (tertiary/aromatic N) is 3. The molecule has 2 atom stereocenters. The lowest BCUT2D eigenvalue weighted by Gasteiger charge is -2.20. The van der Waals surface area contributed by atoms with Gasteiger partial charge >= 0.3 is 0 Å². The van der Waals surface area contributed by atoms with Crippen molar-refractivity contribution in [3.05, 3.63) is 47.4 Å². The molecule has 2 saturated heterocycles. The van der Waals surface area contributed by atoms with Gasteiger partial charge < -0.3 is 19.1 Å². The van der Waals surface area contributed by atoms with E-state index in [1.807, 2.05) is 18.4 Å². The molecule has 28 heavy (non-hydrogen) atoms. The van der Waals surface area contributed by atoms with E-state index in [1.54, 1.807) is 23.5 Å². The molecule has 0 saturated carbocycles. The van der Waals surface area contributed by atoms with Gasteiger partial charge in [0.1, 0.15) is 35.7 Å². The van der Waals surface area contributed by atoms with Gasteiger partial charge in [0.25, 0.3) is 0 Å². The maximum atomic E-state index is 13.0. The van der Waals surface area contributed by atoms with Gasteiger partial charge in [0.15, 0.2) is 5.82 Å². The summed E-state index contributed by atoms with van der Waals surface area (Å²) in [4.78, 5) is 11.4. The van der Waals surface area contributed by atoms with Gasteiger partial charge in [-0.15, -0.1) is 11.3 Å². The third-order valence-corrected chi connectivity index (χ3v) is 5.92. The molecule has 8 heteroatoms. The summed E-state index contributed by atoms with van der Waals surface area (Å²) in [5.74, 6) is 2.05. The molecule has 2 aliphatic heterocycles. The molecule has 0 aliphatic carbocycles. The quantitative estimate of drug-likeness (QED) is 0.672. The van der Waals surface area contributed by atoms with Gasteiger partial charge in [-0.1, -0.05) is 0 Å². The van der Waals surface area contributed by atoms with Crippen molar-refractivity contribution in [2.24, 2.45) is 0 Å². The van der Waals surface area contributed by atoms with Crippen LogP contribution in [0.25, 0.3) is 10.2 Å². The molecule has 3 aromatic rings. The summed E-state index contributed by atoms with van der Waals surface area (Å²) in [7, 11) is 0. The molecule has 0 N–H and O–H groups in total. The van der Waals surface area contributed by atoms with Crippen molar-refractivity contribution >= 4 is 27.4 Å². The fourth-order valence-corrected chi connectivity index (χ4v) is 4.54. The van der Waals surface area contributed by atoms with Crippen molar-refractivity contribution in [2.75, 3.05) is 31.2 Å². The Morgan fingerprint density at radius 3 is 2.50 bits per heavy atom. The van der Waals surface area contributed by atoms with Crippen molar-refractivity contribution < 1.29 is 18.6 Å². The van der Waals surface area contributed by atoms with Crippen LogP contribution in [0.3, 0.4) is 0 Å². The van der Waals surface area contributed by atoms with Crippen LogP contribution < -0.4 is 9.64 Å². The molecule has 0 bridgehead atoms. The molecule has 2 fully saturated rings. The maximum Gasteiger partial charge on any atom is 0.150 e. The molecular weight excluding hydrogens is 381 g/mol. The Labute approximate surface area is 165 Å². The number of anilines is 1. The van der Waals surface area contributed by atoms with E-state index >= 15 is 0 Å². The van der Waals surface area contributed by atoms with Crippen molar-refractivity contribution in [2.45, 2.75) is 25.2 Å². The Kier molecular flexibility index (Phi) is 4.62. The predicted molar refractivity (Wildman–Crippen MR) is 105 cm³/mol. The van der Waals surface area contributed by atoms with Crippen LogP contribution in [0.4, 0.5) is 10.2 Å². The third-order valence-electron chi connectivity index (χ3n) is 5.02. The summed E-state index contributed by atoms with van der Waals surface area (Å²) in [6.07, 6.45) is -0.283. The number of aryl methyl sites for hydroxylation is 1. The van der Waals surface area contributed by atoms with E-state index in [0.29, 0.717) is 19.0 Å². The van der Waals surface area contributed by atoms with Gasteiger partial charge in [-0.2, -0.15) is 0 Å². The van der Waals surface area contributed by atoms with Crippen molar-refractivity contribution in [1.29, 1.82) is 0 Å². The minimum atomic E-state index is -0.282. The second-order valence-electron chi connectivity index (χ2n) is 7.07. The minimum absolute atomic E-state index is 0.0351. The number of fused-ring (bicyclic) bond motifs is 2. The van der Waals surface area contributed by atoms with E-state index < -0.39 is 0 Å². The lowest BCUT2D eigenvalue weighted by Crippen LogP contribution is -2.30. The van der Waals surface area contributed by atoms with E-state index in [1.165, 1.54) is 12.1 Å². The molecule has 5 rings (SSSR count). The van der Waals surface area contributed by atoms with E-state index in [2.05, 4.69) is 14.9 Å². The van der Waals surface area contributed by atoms with Crippen molar-refractivity contribution in [3.63, 3.8) is 0 Å². The maximum absolute atomic E-state index is 13.0. The van der Waals surface area contributed by atoms with Crippen LogP contribution in [0.5, 0.6) is 5.75 Å². The van der Waals surface area contributed by atoms with Crippen LogP contribution >= 0.6 is 11.3 Å². The molecule has 0 unspecified atom stereocenters. The van der Waals surface area contributed by atoms with Crippen LogP contribution in [-0.4, -0.2) is 54.6 Å². The number of ether oxygens (including phenoxy) is 3. The Morgan fingerprint density at radius 1 is 1.07 bits per heavy atom. The molecule has 146 valence electrons. The van der Waals surface area contributed by atoms with Gasteiger partial charge in [-0.05, 0) is 42.6 Å². The fourth-order valence-electron chi connectivity index (χ4n) is 3.70. The number of halogens is 1. The summed E-state index contributed by atoms with van der Waals surface area (Å²) < 4.78 is 32.2. The predicted octanol–water partition coefficient (Wildman–Crippen LogP) is 3.19. The molecule has 4 heterocycles. The van der Waals surface area contributed by atoms with Crippen LogP contribution in [0.2, 0.25) is 0 Å². The molecule has 2 aromatic heterocycles. The lowest BCUT2D eigenvalue weighted by atomic mass is 10.3. The standard InChI is InChI=1S/C20H20FN3O3S/c1-12-22-16-6-7-28-19(16)20(23-12)24-8-17-18(9-24)26-11-15(10-25-17)27-14-4-2-13(21)3-5-14/h2-7,15,17-18H,8-11H2,1H3/t17-,18-/m0/s1. The van der Waals surface area contributed by atoms with Crippen molar-refractivity contribution in [3.8, 4) is 5.75 Å². The average molecular weight is 401 g/mol. The van der Waals surface area contributed by atoms with Gasteiger partial charge in [0, 0.05) is 13.1 Å². The second kappa shape index (κ2) is 7.27. The zero-order valence-corrected chi connectivity index (χ0v) is 16.2. The summed E-state index contributed by atoms with van der Waals surface area (Å²) in [6, 6.07) is 8.03. The molecule has 0 radical (unpaired) electrons. The van der Waals surface area contributed by atoms with Gasteiger partial charge in [-0.3, -0.25) is 0 Å². The lowest BCUT2D eigenvalue weighted by molar-refractivity contribution is -0.00461. The van der Waals surface area contributed by atoms with Gasteiger partial charge in [-0.25, -0.2) is 14.4 Å². The van der Waals surface area contributed by atoms with Crippen LogP contribution in [0.1, 0.15) is 5.82 Å². The minimum Gasteiger partial charge on any atom is -0.486 e. The molecule has 1 aromatic carbocycles. The molecule has 6 nitrogen and oxygen atoms in total. The number of aromatic nitrogens is 2. The normalized spacial score (nSPS) is 23.0. The average Bonchev–Trinajstić information content (AvgIpc) is 3.27. The highest BCUT2D eigenvalue weighted by Gasteiger charge is 2.39. The summed E-state index contributed by atoms with van der Waals surface area (Å²) in [5.41, 5.74) is 0.981. The molecule has 2 aliphatic rings. The number of benzene rings is 1. The molecule has 0 amide bonds. The smallest absolute Gasteiger partial charge is 0.150 e. The molecular formula is C20H20FN3O3S. The van der Waals surface area contributed by atoms with Crippen LogP contribution in [-0.2, 0) is 9.47 Å². The SMILES string of the molecule is Cc1nc(N2C[C@@H]3OCC(Oc4ccc(F)cc4)CO[C@H]3C2)c2sccc2n1. The van der Waals surface area contributed by atoms with E-state index in [4.69, 9.17) is 14.2 Å². The monoisotopic (exact) mass is 401 g/mol. The Morgan fingerprint density at radius 2 is 1.79 bits per heavy atom. The second-order valence-corrected chi connectivity index (χ2v) is 7.99. The first-order valence-electron chi connectivity index (χ1n) is 9.28. The summed E-state index contributed by atoms with van der Waals surface area (Å²) >= 11 is 1.65. The van der Waals surface area contributed by atoms with E-state index in [9.17, 15) is 4.39 Å². The number of hydrogen-bond donors (Lipinski definition) is 0. The Bertz CT molecular complexity index is 964.